The summed E-state index contributed by atoms with van der Waals surface area (Å²) in [6, 6.07) is 17.3. The summed E-state index contributed by atoms with van der Waals surface area (Å²) in [6.07, 6.45) is -2.23. The van der Waals surface area contributed by atoms with Crippen molar-refractivity contribution < 1.29 is 22.7 Å². The number of fused-ring (bicyclic) bond motifs is 1. The van der Waals surface area contributed by atoms with Gasteiger partial charge in [0, 0.05) is 35.3 Å². The second kappa shape index (κ2) is 8.46. The zero-order chi connectivity index (χ0) is 23.8. The number of aryl methyl sites for hydroxylation is 1. The smallest absolute Gasteiger partial charge is 0.406 e. The highest BCUT2D eigenvalue weighted by Crippen LogP contribution is 2.35. The Morgan fingerprint density at radius 2 is 1.64 bits per heavy atom. The van der Waals surface area contributed by atoms with Gasteiger partial charge in [-0.3, -0.25) is 4.79 Å². The van der Waals surface area contributed by atoms with Crippen LogP contribution in [-0.4, -0.2) is 16.8 Å². The minimum absolute atomic E-state index is 0.0158. The van der Waals surface area contributed by atoms with Crippen LogP contribution in [0.1, 0.15) is 44.0 Å². The number of aromatic nitrogens is 1. The molecule has 1 N–H and O–H groups in total. The summed E-state index contributed by atoms with van der Waals surface area (Å²) >= 11 is 0. The van der Waals surface area contributed by atoms with Gasteiger partial charge >= 0.3 is 6.36 Å². The molecule has 0 aliphatic carbocycles. The number of amides is 1. The van der Waals surface area contributed by atoms with Gasteiger partial charge in [0.25, 0.3) is 5.91 Å². The minimum Gasteiger partial charge on any atom is -0.406 e. The highest BCUT2D eigenvalue weighted by atomic mass is 19.4. The third kappa shape index (κ3) is 5.13. The van der Waals surface area contributed by atoms with Gasteiger partial charge in [-0.25, -0.2) is 0 Å². The van der Waals surface area contributed by atoms with Gasteiger partial charge in [-0.2, -0.15) is 0 Å². The number of carbonyl (C=O) groups is 1. The zero-order valence-corrected chi connectivity index (χ0v) is 18.7. The fraction of sp³-hybridized carbons (Fsp3) is 0.269. The summed E-state index contributed by atoms with van der Waals surface area (Å²) in [5, 5.41) is 2.82. The second-order valence-electron chi connectivity index (χ2n) is 9.04. The Morgan fingerprint density at radius 1 is 0.970 bits per heavy atom. The Bertz CT molecular complexity index is 1180. The molecule has 4 nitrogen and oxygen atoms in total. The summed E-state index contributed by atoms with van der Waals surface area (Å²) < 4.78 is 43.2. The van der Waals surface area contributed by atoms with Crippen LogP contribution in [0.2, 0.25) is 0 Å². The van der Waals surface area contributed by atoms with Crippen molar-refractivity contribution in [3.8, 4) is 5.75 Å². The van der Waals surface area contributed by atoms with E-state index in [1.165, 1.54) is 29.8 Å². The molecule has 3 aromatic rings. The highest BCUT2D eigenvalue weighted by Gasteiger charge is 2.31. The number of hydrogen-bond acceptors (Lipinski definition) is 2. The van der Waals surface area contributed by atoms with Crippen molar-refractivity contribution in [2.75, 3.05) is 5.32 Å². The first-order chi connectivity index (χ1) is 15.5. The SMILES string of the molecule is CC(C)(C)c1ccc(C2=C(C(=O)Nc3ccc(OC(F)(F)F)cc3)CCn3cccc32)cc1. The molecule has 0 saturated heterocycles. The third-order valence-corrected chi connectivity index (χ3v) is 5.65. The number of ether oxygens (including phenoxy) is 1. The lowest BCUT2D eigenvalue weighted by molar-refractivity contribution is -0.274. The molecule has 2 heterocycles. The first kappa shape index (κ1) is 22.7. The Hall–Kier alpha value is -3.48. The van der Waals surface area contributed by atoms with E-state index >= 15 is 0 Å². The molecule has 0 spiro atoms. The van der Waals surface area contributed by atoms with Crippen molar-refractivity contribution in [3.63, 3.8) is 0 Å². The largest absolute Gasteiger partial charge is 0.573 e. The lowest BCUT2D eigenvalue weighted by atomic mass is 9.85. The summed E-state index contributed by atoms with van der Waals surface area (Å²) in [7, 11) is 0. The number of nitrogens with one attached hydrogen (secondary N) is 1. The van der Waals surface area contributed by atoms with Crippen LogP contribution in [0.25, 0.3) is 5.57 Å². The number of alkyl halides is 3. The molecule has 1 amide bonds. The van der Waals surface area contributed by atoms with Gasteiger partial charge in [-0.05, 0) is 59.4 Å². The van der Waals surface area contributed by atoms with Gasteiger partial charge in [-0.1, -0.05) is 45.0 Å². The molecule has 172 valence electrons. The van der Waals surface area contributed by atoms with Crippen molar-refractivity contribution >= 4 is 17.2 Å². The van der Waals surface area contributed by atoms with Gasteiger partial charge < -0.3 is 14.6 Å². The molecule has 2 aromatic carbocycles. The number of nitrogens with zero attached hydrogens (tertiary/aromatic N) is 1. The molecule has 4 rings (SSSR count). The van der Waals surface area contributed by atoms with Crippen LogP contribution < -0.4 is 10.1 Å². The summed E-state index contributed by atoms with van der Waals surface area (Å²) in [4.78, 5) is 13.2. The first-order valence-electron chi connectivity index (χ1n) is 10.7. The summed E-state index contributed by atoms with van der Waals surface area (Å²) in [5.41, 5.74) is 5.02. The quantitative estimate of drug-likeness (QED) is 0.487. The number of carbonyl (C=O) groups excluding carboxylic acids is 1. The van der Waals surface area contributed by atoms with E-state index in [0.717, 1.165) is 16.8 Å². The number of halogens is 3. The van der Waals surface area contributed by atoms with Crippen LogP contribution in [0.5, 0.6) is 5.75 Å². The van der Waals surface area contributed by atoms with E-state index < -0.39 is 6.36 Å². The van der Waals surface area contributed by atoms with Crippen molar-refractivity contribution in [3.05, 3.63) is 89.3 Å². The number of rotatable bonds is 4. The Labute approximate surface area is 190 Å². The molecule has 7 heteroatoms. The standard InChI is InChI=1S/C26H25F3N2O2/c1-25(2,3)18-8-6-17(7-9-18)23-21(14-16-31-15-4-5-22(23)31)24(32)30-19-10-12-20(13-11-19)33-26(27,28)29/h4-13,15H,14,16H2,1-3H3,(H,30,32). The zero-order valence-electron chi connectivity index (χ0n) is 18.7. The fourth-order valence-electron chi connectivity index (χ4n) is 3.98. The molecule has 0 saturated carbocycles. The topological polar surface area (TPSA) is 43.3 Å². The number of anilines is 1. The van der Waals surface area contributed by atoms with Crippen LogP contribution in [0.4, 0.5) is 18.9 Å². The monoisotopic (exact) mass is 454 g/mol. The molecular weight excluding hydrogens is 429 g/mol. The van der Waals surface area contributed by atoms with E-state index in [1.54, 1.807) is 0 Å². The maximum Gasteiger partial charge on any atom is 0.573 e. The fourth-order valence-corrected chi connectivity index (χ4v) is 3.98. The third-order valence-electron chi connectivity index (χ3n) is 5.65. The van der Waals surface area contributed by atoms with Crippen molar-refractivity contribution in [2.45, 2.75) is 45.5 Å². The lowest BCUT2D eigenvalue weighted by Gasteiger charge is -2.24. The molecular formula is C26H25F3N2O2. The number of hydrogen-bond donors (Lipinski definition) is 1. The second-order valence-corrected chi connectivity index (χ2v) is 9.04. The van der Waals surface area contributed by atoms with E-state index in [1.807, 2.05) is 30.5 Å². The molecule has 1 aliphatic heterocycles. The predicted octanol–water partition coefficient (Wildman–Crippen LogP) is 6.53. The molecule has 1 aromatic heterocycles. The van der Waals surface area contributed by atoms with Gasteiger partial charge in [-0.15, -0.1) is 13.2 Å². The molecule has 0 fully saturated rings. The molecule has 1 aliphatic rings. The van der Waals surface area contributed by atoms with Crippen LogP contribution in [0.15, 0.2) is 72.4 Å². The molecule has 0 bridgehead atoms. The molecule has 0 unspecified atom stereocenters. The highest BCUT2D eigenvalue weighted by molar-refractivity contribution is 6.11. The average Bonchev–Trinajstić information content (AvgIpc) is 3.22. The lowest BCUT2D eigenvalue weighted by Crippen LogP contribution is -2.22. The van der Waals surface area contributed by atoms with E-state index in [0.29, 0.717) is 24.2 Å². The maximum absolute atomic E-state index is 13.2. The van der Waals surface area contributed by atoms with Gasteiger partial charge in [0.2, 0.25) is 0 Å². The predicted molar refractivity (Wildman–Crippen MR) is 122 cm³/mol. The van der Waals surface area contributed by atoms with Crippen LogP contribution in [0.3, 0.4) is 0 Å². The van der Waals surface area contributed by atoms with E-state index in [4.69, 9.17) is 0 Å². The van der Waals surface area contributed by atoms with E-state index in [2.05, 4.69) is 47.5 Å². The van der Waals surface area contributed by atoms with Crippen molar-refractivity contribution in [2.24, 2.45) is 0 Å². The van der Waals surface area contributed by atoms with E-state index in [-0.39, 0.29) is 17.1 Å². The molecule has 0 radical (unpaired) electrons. The van der Waals surface area contributed by atoms with Gasteiger partial charge in [0.05, 0.1) is 0 Å². The van der Waals surface area contributed by atoms with Crippen molar-refractivity contribution in [1.82, 2.24) is 4.57 Å². The summed E-state index contributed by atoms with van der Waals surface area (Å²) in [6.45, 7) is 7.12. The van der Waals surface area contributed by atoms with E-state index in [9.17, 15) is 18.0 Å². The van der Waals surface area contributed by atoms with Crippen LogP contribution >= 0.6 is 0 Å². The Kier molecular flexibility index (Phi) is 5.82. The summed E-state index contributed by atoms with van der Waals surface area (Å²) in [5.74, 6) is -0.614. The van der Waals surface area contributed by atoms with Gasteiger partial charge in [0.1, 0.15) is 5.75 Å². The maximum atomic E-state index is 13.2. The van der Waals surface area contributed by atoms with Crippen molar-refractivity contribution in [1.29, 1.82) is 0 Å². The minimum atomic E-state index is -4.76. The van der Waals surface area contributed by atoms with Gasteiger partial charge in [0.15, 0.2) is 0 Å². The Morgan fingerprint density at radius 3 is 2.24 bits per heavy atom. The molecule has 0 atom stereocenters. The number of benzene rings is 2. The van der Waals surface area contributed by atoms with Crippen LogP contribution in [-0.2, 0) is 16.8 Å². The first-order valence-corrected chi connectivity index (χ1v) is 10.7. The Balaban J connectivity index is 1.65. The average molecular weight is 454 g/mol. The normalized spacial score (nSPS) is 14.1. The molecule has 33 heavy (non-hydrogen) atoms. The van der Waals surface area contributed by atoms with Crippen LogP contribution in [0, 0.1) is 0 Å².